The highest BCUT2D eigenvalue weighted by atomic mass is 35.5. The Hall–Kier alpha value is -1.13. The Kier molecular flexibility index (Phi) is 5.22. The largest absolute Gasteiger partial charge is 0.342 e. The number of nitrogens with zero attached hydrogens (tertiary/aromatic N) is 1. The van der Waals surface area contributed by atoms with Crippen molar-refractivity contribution in [2.75, 3.05) is 13.1 Å². The van der Waals surface area contributed by atoms with E-state index in [2.05, 4.69) is 0 Å². The molecule has 1 aliphatic carbocycles. The lowest BCUT2D eigenvalue weighted by Crippen LogP contribution is -2.33. The molecule has 3 atom stereocenters. The quantitative estimate of drug-likeness (QED) is 0.931. The van der Waals surface area contributed by atoms with Crippen molar-refractivity contribution in [3.05, 3.63) is 35.6 Å². The summed E-state index contributed by atoms with van der Waals surface area (Å²) in [6, 6.07) is 6.65. The molecule has 1 amide bonds. The van der Waals surface area contributed by atoms with Gasteiger partial charge in [-0.1, -0.05) is 12.1 Å². The molecule has 1 saturated carbocycles. The van der Waals surface area contributed by atoms with Crippen molar-refractivity contribution < 1.29 is 9.18 Å². The first kappa shape index (κ1) is 16.2. The van der Waals surface area contributed by atoms with Crippen LogP contribution in [-0.4, -0.2) is 29.9 Å². The molecule has 5 heteroatoms. The molecule has 0 bridgehead atoms. The molecule has 0 aromatic heterocycles. The molecular formula is C16H22ClFN2O. The SMILES string of the molecule is Cl.NC1CCC2CN(C(=O)CCc3ccc(F)cc3)CC12. The zero-order valence-corrected chi connectivity index (χ0v) is 12.8. The molecule has 116 valence electrons. The lowest BCUT2D eigenvalue weighted by Gasteiger charge is -2.18. The van der Waals surface area contributed by atoms with Gasteiger partial charge in [0, 0.05) is 25.6 Å². The standard InChI is InChI=1S/C16H21FN2O.ClH/c17-13-5-1-11(2-6-13)3-8-16(20)19-9-12-4-7-15(18)14(12)10-19;/h1-2,5-6,12,14-15H,3-4,7-10,18H2;1H. The first-order valence-electron chi connectivity index (χ1n) is 7.41. The molecule has 1 aromatic rings. The third-order valence-corrected chi connectivity index (χ3v) is 4.81. The molecule has 3 nitrogen and oxygen atoms in total. The van der Waals surface area contributed by atoms with Gasteiger partial charge in [0.15, 0.2) is 0 Å². The molecule has 2 aliphatic rings. The molecule has 0 spiro atoms. The fraction of sp³-hybridized carbons (Fsp3) is 0.562. The summed E-state index contributed by atoms with van der Waals surface area (Å²) >= 11 is 0. The lowest BCUT2D eigenvalue weighted by atomic mass is 9.98. The van der Waals surface area contributed by atoms with Crippen LogP contribution in [0.1, 0.15) is 24.8 Å². The Morgan fingerprint density at radius 3 is 2.62 bits per heavy atom. The molecule has 21 heavy (non-hydrogen) atoms. The number of carbonyl (C=O) groups is 1. The summed E-state index contributed by atoms with van der Waals surface area (Å²) in [5.74, 6) is 1.09. The summed E-state index contributed by atoms with van der Waals surface area (Å²) in [5.41, 5.74) is 7.10. The predicted molar refractivity (Wildman–Crippen MR) is 82.7 cm³/mol. The second kappa shape index (κ2) is 6.75. The zero-order valence-electron chi connectivity index (χ0n) is 12.0. The van der Waals surface area contributed by atoms with Crippen LogP contribution in [0, 0.1) is 17.7 Å². The monoisotopic (exact) mass is 312 g/mol. The lowest BCUT2D eigenvalue weighted by molar-refractivity contribution is -0.130. The van der Waals surface area contributed by atoms with E-state index in [1.807, 2.05) is 4.90 Å². The van der Waals surface area contributed by atoms with Crippen molar-refractivity contribution in [3.63, 3.8) is 0 Å². The minimum Gasteiger partial charge on any atom is -0.342 e. The summed E-state index contributed by atoms with van der Waals surface area (Å²) in [6.45, 7) is 1.70. The Labute approximate surface area is 131 Å². The minimum absolute atomic E-state index is 0. The smallest absolute Gasteiger partial charge is 0.222 e. The number of nitrogens with two attached hydrogens (primary N) is 1. The first-order chi connectivity index (χ1) is 9.63. The average molecular weight is 313 g/mol. The maximum absolute atomic E-state index is 12.8. The number of aryl methyl sites for hydroxylation is 1. The number of carbonyl (C=O) groups excluding carboxylic acids is 1. The van der Waals surface area contributed by atoms with Crippen LogP contribution in [0.15, 0.2) is 24.3 Å². The van der Waals surface area contributed by atoms with E-state index in [0.717, 1.165) is 31.5 Å². The Balaban J connectivity index is 0.00000161. The van der Waals surface area contributed by atoms with Crippen LogP contribution < -0.4 is 5.73 Å². The molecule has 2 fully saturated rings. The Morgan fingerprint density at radius 2 is 1.95 bits per heavy atom. The van der Waals surface area contributed by atoms with Crippen LogP contribution >= 0.6 is 12.4 Å². The van der Waals surface area contributed by atoms with E-state index in [1.165, 1.54) is 12.1 Å². The third-order valence-electron chi connectivity index (χ3n) is 4.81. The van der Waals surface area contributed by atoms with Gasteiger partial charge in [0.1, 0.15) is 5.82 Å². The molecule has 1 heterocycles. The van der Waals surface area contributed by atoms with Crippen molar-refractivity contribution >= 4 is 18.3 Å². The van der Waals surface area contributed by atoms with Crippen LogP contribution in [0.5, 0.6) is 0 Å². The fourth-order valence-electron chi connectivity index (χ4n) is 3.57. The van der Waals surface area contributed by atoms with Gasteiger partial charge in [0.05, 0.1) is 0 Å². The van der Waals surface area contributed by atoms with E-state index in [-0.39, 0.29) is 30.2 Å². The van der Waals surface area contributed by atoms with Crippen LogP contribution in [0.3, 0.4) is 0 Å². The fourth-order valence-corrected chi connectivity index (χ4v) is 3.57. The minimum atomic E-state index is -0.235. The molecule has 1 saturated heterocycles. The van der Waals surface area contributed by atoms with Gasteiger partial charge in [0.25, 0.3) is 0 Å². The second-order valence-corrected chi connectivity index (χ2v) is 6.09. The summed E-state index contributed by atoms with van der Waals surface area (Å²) in [5, 5.41) is 0. The van der Waals surface area contributed by atoms with Gasteiger partial charge in [-0.25, -0.2) is 4.39 Å². The molecule has 1 aliphatic heterocycles. The molecule has 3 unspecified atom stereocenters. The number of amides is 1. The number of rotatable bonds is 3. The summed E-state index contributed by atoms with van der Waals surface area (Å²) in [4.78, 5) is 14.2. The van der Waals surface area contributed by atoms with Crippen LogP contribution in [0.25, 0.3) is 0 Å². The number of likely N-dealkylation sites (tertiary alicyclic amines) is 1. The van der Waals surface area contributed by atoms with Crippen molar-refractivity contribution in [1.29, 1.82) is 0 Å². The van der Waals surface area contributed by atoms with Crippen LogP contribution in [-0.2, 0) is 11.2 Å². The van der Waals surface area contributed by atoms with E-state index >= 15 is 0 Å². The van der Waals surface area contributed by atoms with E-state index in [1.54, 1.807) is 12.1 Å². The number of benzene rings is 1. The second-order valence-electron chi connectivity index (χ2n) is 6.09. The maximum atomic E-state index is 12.8. The first-order valence-corrected chi connectivity index (χ1v) is 7.41. The van der Waals surface area contributed by atoms with Crippen LogP contribution in [0.4, 0.5) is 4.39 Å². The molecule has 1 aromatic carbocycles. The van der Waals surface area contributed by atoms with E-state index < -0.39 is 0 Å². The summed E-state index contributed by atoms with van der Waals surface area (Å²) in [7, 11) is 0. The highest BCUT2D eigenvalue weighted by Gasteiger charge is 2.42. The number of hydrogen-bond acceptors (Lipinski definition) is 2. The Bertz CT molecular complexity index is 494. The number of halogens is 2. The van der Waals surface area contributed by atoms with Crippen molar-refractivity contribution in [3.8, 4) is 0 Å². The molecule has 2 N–H and O–H groups in total. The summed E-state index contributed by atoms with van der Waals surface area (Å²) < 4.78 is 12.8. The average Bonchev–Trinajstić information content (AvgIpc) is 3.01. The van der Waals surface area contributed by atoms with Crippen molar-refractivity contribution in [1.82, 2.24) is 4.90 Å². The number of hydrogen-bond donors (Lipinski definition) is 1. The molecule has 0 radical (unpaired) electrons. The maximum Gasteiger partial charge on any atom is 0.222 e. The van der Waals surface area contributed by atoms with Crippen molar-refractivity contribution in [2.24, 2.45) is 17.6 Å². The Morgan fingerprint density at radius 1 is 1.24 bits per heavy atom. The van der Waals surface area contributed by atoms with Gasteiger partial charge in [-0.05, 0) is 48.8 Å². The van der Waals surface area contributed by atoms with Gasteiger partial charge in [0.2, 0.25) is 5.91 Å². The number of fused-ring (bicyclic) bond motifs is 1. The molecule has 3 rings (SSSR count). The summed E-state index contributed by atoms with van der Waals surface area (Å²) in [6.07, 6.45) is 3.44. The molecular weight excluding hydrogens is 291 g/mol. The van der Waals surface area contributed by atoms with E-state index in [4.69, 9.17) is 5.73 Å². The van der Waals surface area contributed by atoms with Gasteiger partial charge in [-0.3, -0.25) is 4.79 Å². The van der Waals surface area contributed by atoms with Gasteiger partial charge < -0.3 is 10.6 Å². The van der Waals surface area contributed by atoms with Crippen molar-refractivity contribution in [2.45, 2.75) is 31.7 Å². The van der Waals surface area contributed by atoms with Gasteiger partial charge >= 0.3 is 0 Å². The van der Waals surface area contributed by atoms with E-state index in [0.29, 0.717) is 24.7 Å². The van der Waals surface area contributed by atoms with E-state index in [9.17, 15) is 9.18 Å². The highest BCUT2D eigenvalue weighted by Crippen LogP contribution is 2.37. The third kappa shape index (κ3) is 3.55. The van der Waals surface area contributed by atoms with Gasteiger partial charge in [-0.15, -0.1) is 12.4 Å². The topological polar surface area (TPSA) is 46.3 Å². The highest BCUT2D eigenvalue weighted by molar-refractivity contribution is 5.85. The zero-order chi connectivity index (χ0) is 14.1. The normalized spacial score (nSPS) is 27.3. The van der Waals surface area contributed by atoms with Gasteiger partial charge in [-0.2, -0.15) is 0 Å². The van der Waals surface area contributed by atoms with Crippen LogP contribution in [0.2, 0.25) is 0 Å². The predicted octanol–water partition coefficient (Wildman–Crippen LogP) is 2.38.